The van der Waals surface area contributed by atoms with E-state index in [1.54, 1.807) is 0 Å². The first-order valence-corrected chi connectivity index (χ1v) is 10.3. The van der Waals surface area contributed by atoms with Gasteiger partial charge in [0.05, 0.1) is 0 Å². The molecule has 0 heterocycles. The second-order valence-electron chi connectivity index (χ2n) is 5.12. The highest BCUT2D eigenvalue weighted by Crippen LogP contribution is 2.30. The van der Waals surface area contributed by atoms with Gasteiger partial charge < -0.3 is 14.0 Å². The Hall–Kier alpha value is -1.81. The molecule has 0 aliphatic heterocycles. The topological polar surface area (TPSA) is 49.7 Å². The van der Waals surface area contributed by atoms with Crippen LogP contribution in [-0.4, -0.2) is 18.1 Å². The predicted octanol–water partition coefficient (Wildman–Crippen LogP) is 1.88. The molecule has 0 bridgehead atoms. The van der Waals surface area contributed by atoms with Crippen molar-refractivity contribution in [1.82, 2.24) is 0 Å². The Kier molecular flexibility index (Phi) is 5.01. The molecule has 0 radical (unpaired) electrons. The van der Waals surface area contributed by atoms with Gasteiger partial charge in [-0.2, -0.15) is 0 Å². The average Bonchev–Trinajstić information content (AvgIpc) is 2.62. The van der Waals surface area contributed by atoms with E-state index in [9.17, 15) is 9.79 Å². The molecule has 0 saturated heterocycles. The maximum absolute atomic E-state index is 9.70. The Balaban J connectivity index is 2.30. The molecule has 2 N–H and O–H groups in total. The van der Waals surface area contributed by atoms with E-state index in [4.69, 9.17) is 4.21 Å². The van der Waals surface area contributed by atoms with Crippen LogP contribution in [0.5, 0.6) is 0 Å². The van der Waals surface area contributed by atoms with Crippen molar-refractivity contribution in [3.8, 4) is 0 Å². The van der Waals surface area contributed by atoms with E-state index < -0.39 is 16.9 Å². The first kappa shape index (κ1) is 16.1. The lowest BCUT2D eigenvalue weighted by atomic mass is 10.3. The van der Waals surface area contributed by atoms with Gasteiger partial charge in [0.25, 0.3) is 8.32 Å². The van der Waals surface area contributed by atoms with Crippen molar-refractivity contribution < 1.29 is 14.0 Å². The van der Waals surface area contributed by atoms with E-state index in [2.05, 4.69) is 0 Å². The summed E-state index contributed by atoms with van der Waals surface area (Å²) in [6.45, 7) is 0. The second kappa shape index (κ2) is 7.17. The quantitative estimate of drug-likeness (QED) is 0.424. The van der Waals surface area contributed by atoms with E-state index in [1.165, 1.54) is 0 Å². The maximum Gasteiger partial charge on any atom is 0.317 e. The molecule has 116 valence electrons. The molecule has 3 aromatic rings. The third kappa shape index (κ3) is 3.27. The SMILES string of the molecule is OP(O)O[Si](c1ccccc1)(c1ccccc1)c1ccccc1. The summed E-state index contributed by atoms with van der Waals surface area (Å²) in [4.78, 5) is 19.4. The molecule has 0 spiro atoms. The van der Waals surface area contributed by atoms with Gasteiger partial charge in [-0.1, -0.05) is 91.0 Å². The standard InChI is InChI=1S/C18H17O3PSi/c19-22(20)21-23(16-10-4-1-5-11-16,17-12-6-2-7-13-17)18-14-8-3-9-15-18/h1-15,19-20H. The lowest BCUT2D eigenvalue weighted by Crippen LogP contribution is -2.68. The first-order chi connectivity index (χ1) is 11.2. The van der Waals surface area contributed by atoms with Gasteiger partial charge in [-0.15, -0.1) is 0 Å². The van der Waals surface area contributed by atoms with Crippen molar-refractivity contribution in [3.63, 3.8) is 0 Å². The van der Waals surface area contributed by atoms with E-state index >= 15 is 0 Å². The molecule has 0 unspecified atom stereocenters. The molecular formula is C18H17O3PSi. The van der Waals surface area contributed by atoms with E-state index in [0.717, 1.165) is 15.6 Å². The van der Waals surface area contributed by atoms with Crippen LogP contribution in [0.15, 0.2) is 91.0 Å². The zero-order chi connectivity index (χ0) is 16.1. The van der Waals surface area contributed by atoms with Gasteiger partial charge in [-0.05, 0) is 15.6 Å². The summed E-state index contributed by atoms with van der Waals surface area (Å²) in [7, 11) is -5.46. The highest BCUT2D eigenvalue weighted by Gasteiger charge is 2.44. The van der Waals surface area contributed by atoms with Crippen LogP contribution in [-0.2, 0) is 4.21 Å². The third-order valence-electron chi connectivity index (χ3n) is 3.76. The number of benzene rings is 3. The Morgan fingerprint density at radius 1 is 0.565 bits per heavy atom. The minimum atomic E-state index is -2.96. The molecule has 0 aromatic heterocycles. The lowest BCUT2D eigenvalue weighted by molar-refractivity contribution is 0.378. The minimum Gasteiger partial charge on any atom is -0.340 e. The third-order valence-corrected chi connectivity index (χ3v) is 8.95. The van der Waals surface area contributed by atoms with Crippen LogP contribution in [0.1, 0.15) is 0 Å². The van der Waals surface area contributed by atoms with Gasteiger partial charge in [0.15, 0.2) is 0 Å². The van der Waals surface area contributed by atoms with Crippen LogP contribution in [0.25, 0.3) is 0 Å². The molecule has 0 fully saturated rings. The molecular weight excluding hydrogens is 323 g/mol. The zero-order valence-electron chi connectivity index (χ0n) is 12.4. The summed E-state index contributed by atoms with van der Waals surface area (Å²) < 4.78 is 5.91. The summed E-state index contributed by atoms with van der Waals surface area (Å²) in [6.07, 6.45) is 0. The Morgan fingerprint density at radius 3 is 1.13 bits per heavy atom. The van der Waals surface area contributed by atoms with Crippen LogP contribution < -0.4 is 15.6 Å². The second-order valence-corrected chi connectivity index (χ2v) is 9.45. The highest BCUT2D eigenvalue weighted by molar-refractivity contribution is 7.43. The molecule has 5 heteroatoms. The number of hydrogen-bond acceptors (Lipinski definition) is 3. The fraction of sp³-hybridized carbons (Fsp3) is 0. The monoisotopic (exact) mass is 340 g/mol. The van der Waals surface area contributed by atoms with Crippen molar-refractivity contribution in [3.05, 3.63) is 91.0 Å². The molecule has 0 aliphatic rings. The smallest absolute Gasteiger partial charge is 0.317 e. The van der Waals surface area contributed by atoms with Crippen molar-refractivity contribution in [2.45, 2.75) is 0 Å². The van der Waals surface area contributed by atoms with E-state index in [0.29, 0.717) is 0 Å². The molecule has 0 saturated carbocycles. The molecule has 0 atom stereocenters. The van der Waals surface area contributed by atoms with Crippen molar-refractivity contribution in [2.24, 2.45) is 0 Å². The van der Waals surface area contributed by atoms with Crippen molar-refractivity contribution >= 4 is 32.5 Å². The fourth-order valence-corrected chi connectivity index (χ4v) is 8.03. The molecule has 0 amide bonds. The summed E-state index contributed by atoms with van der Waals surface area (Å²) in [5, 5.41) is 2.94. The Morgan fingerprint density at radius 2 is 0.870 bits per heavy atom. The van der Waals surface area contributed by atoms with Gasteiger partial charge in [0.2, 0.25) is 0 Å². The summed E-state index contributed by atoms with van der Waals surface area (Å²) >= 11 is 0. The number of hydrogen-bond donors (Lipinski definition) is 2. The summed E-state index contributed by atoms with van der Waals surface area (Å²) in [5.41, 5.74) is 0. The molecule has 3 nitrogen and oxygen atoms in total. The summed E-state index contributed by atoms with van der Waals surface area (Å²) in [5.74, 6) is 0. The molecule has 3 aromatic carbocycles. The zero-order valence-corrected chi connectivity index (χ0v) is 14.3. The first-order valence-electron chi connectivity index (χ1n) is 7.27. The Bertz CT molecular complexity index is 639. The van der Waals surface area contributed by atoms with Gasteiger partial charge in [0.1, 0.15) is 0 Å². The van der Waals surface area contributed by atoms with Crippen LogP contribution in [0.2, 0.25) is 0 Å². The van der Waals surface area contributed by atoms with E-state index in [1.807, 2.05) is 91.0 Å². The van der Waals surface area contributed by atoms with Gasteiger partial charge >= 0.3 is 8.60 Å². The molecule has 23 heavy (non-hydrogen) atoms. The van der Waals surface area contributed by atoms with Crippen LogP contribution in [0, 0.1) is 0 Å². The largest absolute Gasteiger partial charge is 0.340 e. The van der Waals surface area contributed by atoms with Gasteiger partial charge in [-0.3, -0.25) is 0 Å². The highest BCUT2D eigenvalue weighted by atomic mass is 31.2. The normalized spacial score (nSPS) is 11.6. The van der Waals surface area contributed by atoms with Crippen LogP contribution in [0.4, 0.5) is 0 Å². The summed E-state index contributed by atoms with van der Waals surface area (Å²) in [6, 6.07) is 29.5. The predicted molar refractivity (Wildman–Crippen MR) is 96.4 cm³/mol. The minimum absolute atomic E-state index is 0.980. The van der Waals surface area contributed by atoms with E-state index in [-0.39, 0.29) is 0 Å². The van der Waals surface area contributed by atoms with Gasteiger partial charge in [0, 0.05) is 0 Å². The molecule has 0 aliphatic carbocycles. The van der Waals surface area contributed by atoms with Crippen molar-refractivity contribution in [1.29, 1.82) is 0 Å². The average molecular weight is 340 g/mol. The van der Waals surface area contributed by atoms with Gasteiger partial charge in [-0.25, -0.2) is 0 Å². The van der Waals surface area contributed by atoms with Crippen LogP contribution >= 0.6 is 8.60 Å². The lowest BCUT2D eigenvalue weighted by Gasteiger charge is -2.32. The fourth-order valence-electron chi connectivity index (χ4n) is 2.80. The number of rotatable bonds is 5. The van der Waals surface area contributed by atoms with Crippen LogP contribution in [0.3, 0.4) is 0 Å². The van der Waals surface area contributed by atoms with Crippen molar-refractivity contribution in [2.75, 3.05) is 0 Å². The maximum atomic E-state index is 9.70. The molecule has 3 rings (SSSR count). The Labute approximate surface area is 138 Å².